The lowest BCUT2D eigenvalue weighted by Crippen LogP contribution is -2.35. The zero-order valence-electron chi connectivity index (χ0n) is 15.7. The van der Waals surface area contributed by atoms with Crippen LogP contribution in [0.2, 0.25) is 15.1 Å². The molecule has 3 unspecified atom stereocenters. The quantitative estimate of drug-likeness (QED) is 0.432. The number of rotatable bonds is 5. The maximum absolute atomic E-state index is 12.9. The largest absolute Gasteiger partial charge is 0.334 e. The lowest BCUT2D eigenvalue weighted by molar-refractivity contribution is -0.117. The summed E-state index contributed by atoms with van der Waals surface area (Å²) in [6.07, 6.45) is 1.20. The number of amides is 2. The van der Waals surface area contributed by atoms with Crippen molar-refractivity contribution in [3.63, 3.8) is 0 Å². The number of hydrogen-bond acceptors (Lipinski definition) is 3. The molecule has 0 heterocycles. The van der Waals surface area contributed by atoms with Gasteiger partial charge in [-0.15, -0.1) is 11.6 Å². The molecule has 5 nitrogen and oxygen atoms in total. The number of nitrogens with one attached hydrogen (secondary N) is 2. The first-order chi connectivity index (χ1) is 14.6. The fourth-order valence-corrected chi connectivity index (χ4v) is 5.52. The number of hydrogen-bond donors (Lipinski definition) is 2. The van der Waals surface area contributed by atoms with Gasteiger partial charge in [0.25, 0.3) is 5.91 Å². The first-order valence-corrected chi connectivity index (χ1v) is 11.5. The van der Waals surface area contributed by atoms with Crippen LogP contribution in [-0.2, 0) is 4.79 Å². The normalized spacial score (nSPS) is 25.3. The van der Waals surface area contributed by atoms with Crippen LogP contribution in [0.5, 0.6) is 0 Å². The number of nitrogens with zero attached hydrogens (tertiary/aromatic N) is 1. The summed E-state index contributed by atoms with van der Waals surface area (Å²) < 4.78 is -0.983. The Kier molecular flexibility index (Phi) is 5.95. The van der Waals surface area contributed by atoms with Gasteiger partial charge in [-0.2, -0.15) is 5.26 Å². The Labute approximate surface area is 207 Å². The van der Waals surface area contributed by atoms with Crippen LogP contribution in [0.3, 0.4) is 0 Å². The van der Waals surface area contributed by atoms with Crippen molar-refractivity contribution in [1.82, 2.24) is 5.32 Å². The lowest BCUT2D eigenvalue weighted by atomic mass is 10.1. The first-order valence-electron chi connectivity index (χ1n) is 9.24. The van der Waals surface area contributed by atoms with Crippen molar-refractivity contribution in [2.45, 2.75) is 28.1 Å². The van der Waals surface area contributed by atoms with E-state index in [1.165, 1.54) is 12.1 Å². The third kappa shape index (κ3) is 4.53. The Morgan fingerprint density at radius 2 is 1.74 bits per heavy atom. The molecule has 2 fully saturated rings. The minimum Gasteiger partial charge on any atom is -0.334 e. The van der Waals surface area contributed by atoms with Crippen molar-refractivity contribution in [1.29, 1.82) is 5.26 Å². The molecule has 0 aromatic heterocycles. The van der Waals surface area contributed by atoms with E-state index in [0.717, 1.165) is 5.56 Å². The third-order valence-electron chi connectivity index (χ3n) is 5.38. The molecule has 0 aliphatic heterocycles. The number of halogens is 5. The second kappa shape index (κ2) is 8.13. The van der Waals surface area contributed by atoms with Crippen molar-refractivity contribution < 1.29 is 9.59 Å². The Morgan fingerprint density at radius 1 is 1.10 bits per heavy atom. The van der Waals surface area contributed by atoms with Gasteiger partial charge in [0.15, 0.2) is 0 Å². The Morgan fingerprint density at radius 3 is 2.32 bits per heavy atom. The van der Waals surface area contributed by atoms with Crippen LogP contribution in [-0.4, -0.2) is 21.1 Å². The number of alkyl halides is 2. The molecule has 0 bridgehead atoms. The molecule has 2 aromatic rings. The number of anilines is 1. The zero-order chi connectivity index (χ0) is 22.6. The standard InChI is InChI=1S/C21H14BrCl4N3O2/c22-21(26)16(10-5-11(23)7-12(24)6-10)17(21)19(31)28-13-1-2-15(25)14(8-13)18(30)29-20(9-27)3-4-20/h1-2,5-8,16-17H,3-4H2,(H,28,31)(H,29,30). The molecule has 10 heteroatoms. The van der Waals surface area contributed by atoms with Crippen LogP contribution < -0.4 is 10.6 Å². The SMILES string of the molecule is N#CC1(NC(=O)c2cc(NC(=O)C3C(c4cc(Cl)cc(Cl)c4)C3(Cl)Br)ccc2Cl)CC1. The predicted octanol–water partition coefficient (Wildman–Crippen LogP) is 6.11. The number of carbonyl (C=O) groups excluding carboxylic acids is 2. The summed E-state index contributed by atoms with van der Waals surface area (Å²) in [6, 6.07) is 11.7. The van der Waals surface area contributed by atoms with Gasteiger partial charge in [-0.3, -0.25) is 9.59 Å². The van der Waals surface area contributed by atoms with Crippen molar-refractivity contribution >= 4 is 79.8 Å². The van der Waals surface area contributed by atoms with Gasteiger partial charge >= 0.3 is 0 Å². The van der Waals surface area contributed by atoms with Crippen LogP contribution in [0.15, 0.2) is 36.4 Å². The molecular weight excluding hydrogens is 548 g/mol. The Balaban J connectivity index is 1.51. The van der Waals surface area contributed by atoms with E-state index in [9.17, 15) is 14.9 Å². The molecule has 0 radical (unpaired) electrons. The molecule has 4 rings (SSSR count). The summed E-state index contributed by atoms with van der Waals surface area (Å²) in [4.78, 5) is 25.5. The molecule has 0 saturated heterocycles. The summed E-state index contributed by atoms with van der Waals surface area (Å²) in [5.74, 6) is -1.74. The molecule has 0 spiro atoms. The summed E-state index contributed by atoms with van der Waals surface area (Å²) in [5, 5.41) is 15.8. The minimum atomic E-state index is -0.983. The van der Waals surface area contributed by atoms with Crippen molar-refractivity contribution in [2.75, 3.05) is 5.32 Å². The van der Waals surface area contributed by atoms with E-state index < -0.39 is 21.1 Å². The molecule has 2 N–H and O–H groups in total. The van der Waals surface area contributed by atoms with E-state index in [2.05, 4.69) is 32.6 Å². The van der Waals surface area contributed by atoms with E-state index in [1.54, 1.807) is 24.3 Å². The fraction of sp³-hybridized carbons (Fsp3) is 0.286. The monoisotopic (exact) mass is 559 g/mol. The predicted molar refractivity (Wildman–Crippen MR) is 125 cm³/mol. The molecule has 2 aromatic carbocycles. The second-order valence-corrected chi connectivity index (χ2v) is 11.3. The first kappa shape index (κ1) is 22.7. The fourth-order valence-electron chi connectivity index (χ4n) is 3.49. The van der Waals surface area contributed by atoms with Gasteiger partial charge < -0.3 is 10.6 Å². The lowest BCUT2D eigenvalue weighted by Gasteiger charge is -2.12. The number of carbonyl (C=O) groups is 2. The molecule has 31 heavy (non-hydrogen) atoms. The van der Waals surface area contributed by atoms with E-state index in [4.69, 9.17) is 46.4 Å². The highest BCUT2D eigenvalue weighted by atomic mass is 79.9. The van der Waals surface area contributed by atoms with E-state index in [0.29, 0.717) is 28.6 Å². The average Bonchev–Trinajstić information content (AvgIpc) is 3.57. The van der Waals surface area contributed by atoms with Crippen LogP contribution in [0.1, 0.15) is 34.7 Å². The van der Waals surface area contributed by atoms with Crippen molar-refractivity contribution in [2.24, 2.45) is 5.92 Å². The topological polar surface area (TPSA) is 82.0 Å². The minimum absolute atomic E-state index is 0.172. The molecular formula is C21H14BrCl4N3O2. The number of benzene rings is 2. The molecule has 2 amide bonds. The van der Waals surface area contributed by atoms with Crippen LogP contribution in [0, 0.1) is 17.2 Å². The van der Waals surface area contributed by atoms with Gasteiger partial charge in [-0.1, -0.05) is 50.7 Å². The third-order valence-corrected chi connectivity index (χ3v) is 7.60. The van der Waals surface area contributed by atoms with Gasteiger partial charge in [0.1, 0.15) is 9.32 Å². The maximum Gasteiger partial charge on any atom is 0.254 e. The Bertz CT molecular complexity index is 1120. The molecule has 160 valence electrons. The Hall–Kier alpha value is -1.49. The van der Waals surface area contributed by atoms with E-state index in [-0.39, 0.29) is 22.4 Å². The highest BCUT2D eigenvalue weighted by Gasteiger charge is 2.67. The molecule has 3 atom stereocenters. The molecule has 2 aliphatic carbocycles. The zero-order valence-corrected chi connectivity index (χ0v) is 20.3. The molecule has 2 aliphatic rings. The highest BCUT2D eigenvalue weighted by Crippen LogP contribution is 2.66. The summed E-state index contributed by atoms with van der Waals surface area (Å²) in [7, 11) is 0. The van der Waals surface area contributed by atoms with Gasteiger partial charge in [-0.25, -0.2) is 0 Å². The summed E-state index contributed by atoms with van der Waals surface area (Å²) in [6.45, 7) is 0. The highest BCUT2D eigenvalue weighted by molar-refractivity contribution is 9.10. The van der Waals surface area contributed by atoms with Gasteiger partial charge in [0, 0.05) is 21.7 Å². The maximum atomic E-state index is 12.9. The van der Waals surface area contributed by atoms with Crippen LogP contribution >= 0.6 is 62.3 Å². The summed E-state index contributed by atoms with van der Waals surface area (Å²) in [5.41, 5.74) is 0.474. The van der Waals surface area contributed by atoms with Crippen molar-refractivity contribution in [3.8, 4) is 6.07 Å². The second-order valence-electron chi connectivity index (χ2n) is 7.66. The number of nitriles is 1. The van der Waals surface area contributed by atoms with Gasteiger partial charge in [-0.05, 0) is 54.8 Å². The van der Waals surface area contributed by atoms with Crippen molar-refractivity contribution in [3.05, 3.63) is 62.6 Å². The smallest absolute Gasteiger partial charge is 0.254 e. The van der Waals surface area contributed by atoms with E-state index in [1.807, 2.05) is 0 Å². The van der Waals surface area contributed by atoms with Crippen LogP contribution in [0.4, 0.5) is 5.69 Å². The average molecular weight is 562 g/mol. The summed E-state index contributed by atoms with van der Waals surface area (Å²) >= 11 is 28.3. The molecule has 2 saturated carbocycles. The van der Waals surface area contributed by atoms with Crippen LogP contribution in [0.25, 0.3) is 0 Å². The van der Waals surface area contributed by atoms with Gasteiger partial charge in [0.05, 0.1) is 22.6 Å². The van der Waals surface area contributed by atoms with Gasteiger partial charge in [0.2, 0.25) is 5.91 Å². The van der Waals surface area contributed by atoms with E-state index >= 15 is 0 Å².